The van der Waals surface area contributed by atoms with Gasteiger partial charge in [-0.25, -0.2) is 0 Å². The number of Topliss-reactive ketones (excluding diaryl/α,β-unsaturated/α-hetero) is 1. The first kappa shape index (κ1) is 18.4. The van der Waals surface area contributed by atoms with E-state index in [1.807, 2.05) is 0 Å². The second-order valence-electron chi connectivity index (χ2n) is 7.37. The van der Waals surface area contributed by atoms with Gasteiger partial charge in [-0.15, -0.1) is 0 Å². The number of carbonyl (C=O) groups excluding carboxylic acids is 1. The number of nitrogens with zero attached hydrogens (tertiary/aromatic N) is 1. The van der Waals surface area contributed by atoms with Crippen LogP contribution in [0, 0.1) is 5.92 Å². The van der Waals surface area contributed by atoms with Crippen LogP contribution in [0.4, 0.5) is 5.82 Å². The number of aromatic amines is 1. The second kappa shape index (κ2) is 6.43. The molecule has 0 fully saturated rings. The minimum absolute atomic E-state index is 0.0133. The maximum Gasteiger partial charge on any atom is 0.298 e. The number of ketones is 1. The van der Waals surface area contributed by atoms with Crippen LogP contribution in [0.2, 0.25) is 0 Å². The first-order valence-corrected chi connectivity index (χ1v) is 9.44. The fourth-order valence-corrected chi connectivity index (χ4v) is 4.55. The summed E-state index contributed by atoms with van der Waals surface area (Å²) >= 11 is 0. The molecule has 2 aliphatic rings. The molecule has 5 rings (SSSR count). The van der Waals surface area contributed by atoms with E-state index in [2.05, 4.69) is 15.3 Å². The van der Waals surface area contributed by atoms with Crippen molar-refractivity contribution < 1.29 is 19.4 Å². The van der Waals surface area contributed by atoms with Crippen LogP contribution >= 0.6 is 0 Å². The molecule has 0 amide bonds. The standard InChI is InChI=1S/C22H19N3O5/c1-29-12-9-7-11(8-10-12)15-16-19(23-21(30-2)24-20(16)27)25-22(28)14-6-4-3-5-13(14)18(26)17(15)22/h3-10,15,17,28H,1-2H3,(H2,23,24,25,27)/t15-,17-,22-/m1/s1. The molecule has 1 aliphatic carbocycles. The molecule has 152 valence electrons. The van der Waals surface area contributed by atoms with Gasteiger partial charge >= 0.3 is 0 Å². The average Bonchev–Trinajstić information content (AvgIpc) is 2.99. The van der Waals surface area contributed by atoms with Gasteiger partial charge in [-0.3, -0.25) is 14.6 Å². The molecule has 0 saturated carbocycles. The largest absolute Gasteiger partial charge is 0.497 e. The van der Waals surface area contributed by atoms with Crippen molar-refractivity contribution in [2.75, 3.05) is 19.5 Å². The van der Waals surface area contributed by atoms with Gasteiger partial charge < -0.3 is 19.9 Å². The van der Waals surface area contributed by atoms with Gasteiger partial charge in [0.05, 0.1) is 25.7 Å². The number of H-pyrrole nitrogens is 1. The number of carbonyl (C=O) groups is 1. The summed E-state index contributed by atoms with van der Waals surface area (Å²) in [6, 6.07) is 14.0. The number of hydrogen-bond donors (Lipinski definition) is 3. The minimum atomic E-state index is -1.71. The average molecular weight is 405 g/mol. The number of ether oxygens (including phenoxy) is 2. The summed E-state index contributed by atoms with van der Waals surface area (Å²) in [4.78, 5) is 33.3. The van der Waals surface area contributed by atoms with E-state index in [0.29, 0.717) is 22.4 Å². The zero-order valence-electron chi connectivity index (χ0n) is 16.3. The van der Waals surface area contributed by atoms with Gasteiger partial charge in [-0.05, 0) is 17.7 Å². The van der Waals surface area contributed by atoms with E-state index >= 15 is 0 Å². The molecule has 0 spiro atoms. The summed E-state index contributed by atoms with van der Waals surface area (Å²) in [5, 5.41) is 14.7. The summed E-state index contributed by atoms with van der Waals surface area (Å²) in [6.45, 7) is 0. The van der Waals surface area contributed by atoms with Gasteiger partial charge in [0.2, 0.25) is 0 Å². The summed E-state index contributed by atoms with van der Waals surface area (Å²) in [6.07, 6.45) is 0. The molecule has 0 saturated heterocycles. The number of anilines is 1. The van der Waals surface area contributed by atoms with Crippen molar-refractivity contribution in [3.05, 3.63) is 81.1 Å². The highest BCUT2D eigenvalue weighted by Crippen LogP contribution is 2.54. The Balaban J connectivity index is 1.79. The molecule has 3 atom stereocenters. The minimum Gasteiger partial charge on any atom is -0.497 e. The molecule has 3 aromatic rings. The topological polar surface area (TPSA) is 114 Å². The lowest BCUT2D eigenvalue weighted by molar-refractivity contribution is 0.00826. The van der Waals surface area contributed by atoms with Crippen LogP contribution in [0.1, 0.15) is 33.0 Å². The van der Waals surface area contributed by atoms with Crippen LogP contribution < -0.4 is 20.3 Å². The number of nitrogens with one attached hydrogen (secondary N) is 2. The number of benzene rings is 2. The van der Waals surface area contributed by atoms with Crippen LogP contribution in [-0.2, 0) is 5.72 Å². The molecule has 0 unspecified atom stereocenters. The smallest absolute Gasteiger partial charge is 0.298 e. The lowest BCUT2D eigenvalue weighted by Gasteiger charge is -2.41. The van der Waals surface area contributed by atoms with Crippen molar-refractivity contribution in [2.24, 2.45) is 5.92 Å². The predicted molar refractivity (Wildman–Crippen MR) is 108 cm³/mol. The van der Waals surface area contributed by atoms with Crippen molar-refractivity contribution in [3.8, 4) is 11.8 Å². The molecular formula is C22H19N3O5. The fourth-order valence-electron chi connectivity index (χ4n) is 4.55. The van der Waals surface area contributed by atoms with Gasteiger partial charge in [0.15, 0.2) is 11.5 Å². The molecule has 1 aliphatic heterocycles. The lowest BCUT2D eigenvalue weighted by Crippen LogP contribution is -2.50. The molecule has 8 heteroatoms. The van der Waals surface area contributed by atoms with Crippen LogP contribution in [0.25, 0.3) is 0 Å². The summed E-state index contributed by atoms with van der Waals surface area (Å²) in [5.74, 6) is -1.07. The monoisotopic (exact) mass is 405 g/mol. The van der Waals surface area contributed by atoms with E-state index in [4.69, 9.17) is 9.47 Å². The second-order valence-corrected chi connectivity index (χ2v) is 7.37. The third-order valence-electron chi connectivity index (χ3n) is 5.89. The lowest BCUT2D eigenvalue weighted by atomic mass is 9.73. The van der Waals surface area contributed by atoms with E-state index in [1.165, 1.54) is 7.11 Å². The van der Waals surface area contributed by atoms with Crippen molar-refractivity contribution in [1.29, 1.82) is 0 Å². The van der Waals surface area contributed by atoms with E-state index < -0.39 is 23.1 Å². The van der Waals surface area contributed by atoms with Crippen molar-refractivity contribution in [1.82, 2.24) is 9.97 Å². The maximum absolute atomic E-state index is 13.4. The van der Waals surface area contributed by atoms with E-state index in [9.17, 15) is 14.7 Å². The SMILES string of the molecule is COc1ccc([C@@H]2c3c(nc(OC)[nH]c3=O)N[C@@]3(O)c4ccccc4C(=O)[C@@H]23)cc1. The van der Waals surface area contributed by atoms with Crippen LogP contribution in [0.5, 0.6) is 11.8 Å². The first-order valence-electron chi connectivity index (χ1n) is 9.44. The molecule has 2 aromatic carbocycles. The molecule has 0 radical (unpaired) electrons. The van der Waals surface area contributed by atoms with Gasteiger partial charge in [-0.1, -0.05) is 36.4 Å². The third kappa shape index (κ3) is 2.40. The number of aliphatic hydroxyl groups is 1. The Kier molecular flexibility index (Phi) is 3.94. The Hall–Kier alpha value is -3.65. The molecule has 30 heavy (non-hydrogen) atoms. The zero-order chi connectivity index (χ0) is 21.0. The molecule has 0 bridgehead atoms. The van der Waals surface area contributed by atoms with Crippen LogP contribution in [-0.4, -0.2) is 35.1 Å². The molecular weight excluding hydrogens is 386 g/mol. The highest BCUT2D eigenvalue weighted by atomic mass is 16.5. The van der Waals surface area contributed by atoms with Crippen LogP contribution in [0.3, 0.4) is 0 Å². The first-order chi connectivity index (χ1) is 14.5. The van der Waals surface area contributed by atoms with Gasteiger partial charge in [0, 0.05) is 17.0 Å². The Morgan fingerprint density at radius 3 is 2.47 bits per heavy atom. The zero-order valence-corrected chi connectivity index (χ0v) is 16.3. The third-order valence-corrected chi connectivity index (χ3v) is 5.89. The highest BCUT2D eigenvalue weighted by Gasteiger charge is 2.59. The normalized spacial score (nSPS) is 23.8. The molecule has 3 N–H and O–H groups in total. The summed E-state index contributed by atoms with van der Waals surface area (Å²) < 4.78 is 10.3. The van der Waals surface area contributed by atoms with E-state index in [-0.39, 0.29) is 23.2 Å². The quantitative estimate of drug-likeness (QED) is 0.611. The Labute approximate surface area is 171 Å². The Morgan fingerprint density at radius 1 is 1.03 bits per heavy atom. The summed E-state index contributed by atoms with van der Waals surface area (Å²) in [5.41, 5.74) is -0.289. The number of hydrogen-bond acceptors (Lipinski definition) is 7. The Bertz CT molecular complexity index is 1220. The van der Waals surface area contributed by atoms with E-state index in [1.54, 1.807) is 55.6 Å². The number of rotatable bonds is 3. The molecule has 1 aromatic heterocycles. The fraction of sp³-hybridized carbons (Fsp3) is 0.227. The molecule has 2 heterocycles. The number of aromatic nitrogens is 2. The summed E-state index contributed by atoms with van der Waals surface area (Å²) in [7, 11) is 2.95. The predicted octanol–water partition coefficient (Wildman–Crippen LogP) is 2.00. The van der Waals surface area contributed by atoms with Gasteiger partial charge in [0.25, 0.3) is 11.6 Å². The van der Waals surface area contributed by atoms with E-state index in [0.717, 1.165) is 0 Å². The maximum atomic E-state index is 13.4. The highest BCUT2D eigenvalue weighted by molar-refractivity contribution is 6.05. The van der Waals surface area contributed by atoms with Crippen LogP contribution in [0.15, 0.2) is 53.3 Å². The molecule has 8 nitrogen and oxygen atoms in total. The van der Waals surface area contributed by atoms with Gasteiger partial charge in [-0.2, -0.15) is 4.98 Å². The van der Waals surface area contributed by atoms with Crippen molar-refractivity contribution in [3.63, 3.8) is 0 Å². The number of methoxy groups -OCH3 is 2. The van der Waals surface area contributed by atoms with Crippen molar-refractivity contribution in [2.45, 2.75) is 11.6 Å². The Morgan fingerprint density at radius 2 is 1.77 bits per heavy atom. The number of fused-ring (bicyclic) bond motifs is 4. The van der Waals surface area contributed by atoms with Gasteiger partial charge in [0.1, 0.15) is 11.6 Å². The van der Waals surface area contributed by atoms with Crippen molar-refractivity contribution >= 4 is 11.6 Å².